The Morgan fingerprint density at radius 2 is 2.19 bits per heavy atom. The largest absolute Gasteiger partial charge is 0.481 e. The summed E-state index contributed by atoms with van der Waals surface area (Å²) < 4.78 is 5.33. The highest BCUT2D eigenvalue weighted by Gasteiger charge is 2.36. The van der Waals surface area contributed by atoms with Crippen molar-refractivity contribution in [2.24, 2.45) is 5.73 Å². The van der Waals surface area contributed by atoms with Crippen LogP contribution in [0.5, 0.6) is 5.88 Å². The lowest BCUT2D eigenvalue weighted by atomic mass is 10.1. The Hall–Kier alpha value is -2.19. The number of methoxy groups -OCH3 is 1. The number of amides is 2. The van der Waals surface area contributed by atoms with E-state index in [4.69, 9.17) is 10.5 Å². The van der Waals surface area contributed by atoms with Crippen molar-refractivity contribution in [2.45, 2.75) is 63.9 Å². The SMILES string of the molecule is COc1nc2c(cc1CNC(=O)[C@H](N)[C@H](C)O)C(=O)N(C1CCCC1)C2. The molecule has 1 aromatic rings. The second kappa shape index (κ2) is 7.59. The number of hydrogen-bond acceptors (Lipinski definition) is 6. The molecule has 3 rings (SSSR count). The topological polar surface area (TPSA) is 118 Å². The number of aliphatic hydroxyl groups is 1. The fourth-order valence-corrected chi connectivity index (χ4v) is 3.60. The van der Waals surface area contributed by atoms with Crippen LogP contribution in [0.3, 0.4) is 0 Å². The Bertz CT molecular complexity index is 701. The summed E-state index contributed by atoms with van der Waals surface area (Å²) in [7, 11) is 1.51. The first-order valence-electron chi connectivity index (χ1n) is 9.01. The molecule has 2 heterocycles. The van der Waals surface area contributed by atoms with Gasteiger partial charge in [0.15, 0.2) is 0 Å². The predicted octanol–water partition coefficient (Wildman–Crippen LogP) is 0.313. The number of ether oxygens (including phenoxy) is 1. The van der Waals surface area contributed by atoms with Gasteiger partial charge in [-0.05, 0) is 25.8 Å². The molecule has 26 heavy (non-hydrogen) atoms. The Balaban J connectivity index is 1.77. The van der Waals surface area contributed by atoms with Crippen molar-refractivity contribution in [1.29, 1.82) is 0 Å². The summed E-state index contributed by atoms with van der Waals surface area (Å²) in [6, 6.07) is 1.02. The minimum atomic E-state index is -1.01. The number of rotatable bonds is 6. The smallest absolute Gasteiger partial charge is 0.256 e. The van der Waals surface area contributed by atoms with Crippen molar-refractivity contribution < 1.29 is 19.4 Å². The summed E-state index contributed by atoms with van der Waals surface area (Å²) in [5.74, 6) is -0.0903. The van der Waals surface area contributed by atoms with Gasteiger partial charge in [-0.15, -0.1) is 0 Å². The molecule has 4 N–H and O–H groups in total. The molecule has 0 unspecified atom stereocenters. The van der Waals surface area contributed by atoms with Crippen molar-refractivity contribution in [3.05, 3.63) is 22.9 Å². The molecule has 1 saturated carbocycles. The molecule has 8 heteroatoms. The van der Waals surface area contributed by atoms with E-state index in [9.17, 15) is 14.7 Å². The van der Waals surface area contributed by atoms with E-state index in [-0.39, 0.29) is 18.5 Å². The number of carbonyl (C=O) groups is 2. The number of nitrogens with two attached hydrogens (primary N) is 1. The number of hydrogen-bond donors (Lipinski definition) is 3. The van der Waals surface area contributed by atoms with Gasteiger partial charge in [0.1, 0.15) is 6.04 Å². The number of aromatic nitrogens is 1. The molecule has 8 nitrogen and oxygen atoms in total. The third-order valence-electron chi connectivity index (χ3n) is 5.19. The molecule has 1 fully saturated rings. The van der Waals surface area contributed by atoms with Crippen molar-refractivity contribution in [3.8, 4) is 5.88 Å². The molecule has 1 aliphatic heterocycles. The van der Waals surface area contributed by atoms with Crippen molar-refractivity contribution in [3.63, 3.8) is 0 Å². The standard InChI is InChI=1S/C18H26N4O4/c1-10(23)15(19)16(24)20-8-11-7-13-14(21-17(11)26-2)9-22(18(13)25)12-5-3-4-6-12/h7,10,12,15,23H,3-6,8-9,19H2,1-2H3,(H,20,24)/t10-,15+/m0/s1. The van der Waals surface area contributed by atoms with E-state index in [1.807, 2.05) is 4.90 Å². The van der Waals surface area contributed by atoms with Crippen LogP contribution in [0.25, 0.3) is 0 Å². The molecule has 0 bridgehead atoms. The lowest BCUT2D eigenvalue weighted by Crippen LogP contribution is -2.46. The summed E-state index contributed by atoms with van der Waals surface area (Å²) in [4.78, 5) is 31.1. The summed E-state index contributed by atoms with van der Waals surface area (Å²) >= 11 is 0. The van der Waals surface area contributed by atoms with Crippen LogP contribution >= 0.6 is 0 Å². The van der Waals surface area contributed by atoms with Crippen molar-refractivity contribution >= 4 is 11.8 Å². The first kappa shape index (κ1) is 18.6. The highest BCUT2D eigenvalue weighted by molar-refractivity contribution is 5.98. The quantitative estimate of drug-likeness (QED) is 0.670. The Morgan fingerprint density at radius 1 is 1.50 bits per heavy atom. The number of nitrogens with zero attached hydrogens (tertiary/aromatic N) is 2. The first-order valence-corrected chi connectivity index (χ1v) is 9.01. The van der Waals surface area contributed by atoms with Crippen LogP contribution in [0.2, 0.25) is 0 Å². The van der Waals surface area contributed by atoms with E-state index < -0.39 is 18.1 Å². The third kappa shape index (κ3) is 3.52. The van der Waals surface area contributed by atoms with Crippen molar-refractivity contribution in [2.75, 3.05) is 7.11 Å². The van der Waals surface area contributed by atoms with E-state index in [1.54, 1.807) is 6.07 Å². The van der Waals surface area contributed by atoms with Crippen LogP contribution in [0.15, 0.2) is 6.07 Å². The van der Waals surface area contributed by atoms with E-state index in [0.29, 0.717) is 23.6 Å². The lowest BCUT2D eigenvalue weighted by molar-refractivity contribution is -0.124. The normalized spacial score (nSPS) is 19.4. The van der Waals surface area contributed by atoms with E-state index in [1.165, 1.54) is 14.0 Å². The Kier molecular flexibility index (Phi) is 5.43. The minimum Gasteiger partial charge on any atom is -0.481 e. The zero-order chi connectivity index (χ0) is 18.8. The van der Waals surface area contributed by atoms with E-state index >= 15 is 0 Å². The van der Waals surface area contributed by atoms with Crippen LogP contribution in [-0.4, -0.2) is 52.1 Å². The molecule has 2 aliphatic rings. The van der Waals surface area contributed by atoms with Gasteiger partial charge in [-0.2, -0.15) is 0 Å². The molecule has 0 saturated heterocycles. The molecule has 1 aliphatic carbocycles. The Morgan fingerprint density at radius 3 is 2.81 bits per heavy atom. The first-order chi connectivity index (χ1) is 12.4. The molecule has 0 aromatic carbocycles. The number of pyridine rings is 1. The monoisotopic (exact) mass is 362 g/mol. The zero-order valence-corrected chi connectivity index (χ0v) is 15.2. The minimum absolute atomic E-state index is 0.00434. The number of fused-ring (bicyclic) bond motifs is 1. The van der Waals surface area contributed by atoms with Gasteiger partial charge in [-0.1, -0.05) is 12.8 Å². The average Bonchev–Trinajstić information content (AvgIpc) is 3.26. The highest BCUT2D eigenvalue weighted by atomic mass is 16.5. The molecule has 2 atom stereocenters. The van der Waals surface area contributed by atoms with Crippen LogP contribution in [0.4, 0.5) is 0 Å². The zero-order valence-electron chi connectivity index (χ0n) is 15.2. The van der Waals surface area contributed by atoms with Crippen molar-refractivity contribution in [1.82, 2.24) is 15.2 Å². The number of nitrogens with one attached hydrogen (secondary N) is 1. The molecule has 0 radical (unpaired) electrons. The maximum atomic E-state index is 12.8. The van der Waals surface area contributed by atoms with Crippen LogP contribution in [0.1, 0.15) is 54.2 Å². The molecular weight excluding hydrogens is 336 g/mol. The average molecular weight is 362 g/mol. The fraction of sp³-hybridized carbons (Fsp3) is 0.611. The molecular formula is C18H26N4O4. The maximum absolute atomic E-state index is 12.8. The molecule has 142 valence electrons. The lowest BCUT2D eigenvalue weighted by Gasteiger charge is -2.22. The summed E-state index contributed by atoms with van der Waals surface area (Å²) in [5.41, 5.74) is 7.52. The van der Waals surface area contributed by atoms with Gasteiger partial charge in [0.2, 0.25) is 11.8 Å². The van der Waals surface area contributed by atoms with Crippen LogP contribution < -0.4 is 15.8 Å². The van der Waals surface area contributed by atoms with E-state index in [0.717, 1.165) is 31.4 Å². The van der Waals surface area contributed by atoms with Gasteiger partial charge >= 0.3 is 0 Å². The number of aliphatic hydroxyl groups excluding tert-OH is 1. The van der Waals surface area contributed by atoms with E-state index in [2.05, 4.69) is 10.3 Å². The van der Waals surface area contributed by atoms with Gasteiger partial charge in [0.05, 0.1) is 31.0 Å². The molecule has 2 amide bonds. The summed E-state index contributed by atoms with van der Waals surface area (Å²) in [5, 5.41) is 12.1. The third-order valence-corrected chi connectivity index (χ3v) is 5.19. The Labute approximate surface area is 152 Å². The number of carbonyl (C=O) groups excluding carboxylic acids is 2. The highest BCUT2D eigenvalue weighted by Crippen LogP contribution is 2.33. The van der Waals surface area contributed by atoms with Gasteiger partial charge in [0, 0.05) is 18.2 Å². The fourth-order valence-electron chi connectivity index (χ4n) is 3.60. The maximum Gasteiger partial charge on any atom is 0.256 e. The van der Waals surface area contributed by atoms with Crippen LogP contribution in [-0.2, 0) is 17.9 Å². The van der Waals surface area contributed by atoms with Gasteiger partial charge < -0.3 is 25.8 Å². The second-order valence-electron chi connectivity index (χ2n) is 7.01. The molecule has 1 aromatic heterocycles. The molecule has 0 spiro atoms. The second-order valence-corrected chi connectivity index (χ2v) is 7.01. The predicted molar refractivity (Wildman–Crippen MR) is 94.4 cm³/mol. The van der Waals surface area contributed by atoms with Crippen LogP contribution in [0, 0.1) is 0 Å². The summed E-state index contributed by atoms with van der Waals surface area (Å²) in [6.45, 7) is 2.09. The summed E-state index contributed by atoms with van der Waals surface area (Å²) in [6.07, 6.45) is 3.44. The van der Waals surface area contributed by atoms with Gasteiger partial charge in [-0.25, -0.2) is 4.98 Å². The van der Waals surface area contributed by atoms with Gasteiger partial charge in [0.25, 0.3) is 5.91 Å². The van der Waals surface area contributed by atoms with Gasteiger partial charge in [-0.3, -0.25) is 9.59 Å².